The number of rotatable bonds is 2. The topological polar surface area (TPSA) is 138 Å². The maximum absolute atomic E-state index is 10.3. The molecule has 0 aliphatic heterocycles. The molecule has 2 aromatic carbocycles. The summed E-state index contributed by atoms with van der Waals surface area (Å²) in [6.07, 6.45) is 0. The van der Waals surface area contributed by atoms with Crippen LogP contribution in [0.3, 0.4) is 0 Å². The Morgan fingerprint density at radius 1 is 0.818 bits per heavy atom. The average molecular weight is 336 g/mol. The predicted octanol–water partition coefficient (Wildman–Crippen LogP) is -1.76. The third kappa shape index (κ3) is 8.11. The van der Waals surface area contributed by atoms with Crippen LogP contribution in [0.5, 0.6) is 23.0 Å². The molecular formula is C13H13NaO7S. The summed E-state index contributed by atoms with van der Waals surface area (Å²) < 4.78 is 30.9. The second-order valence-corrected chi connectivity index (χ2v) is 5.44. The molecule has 7 nitrogen and oxygen atoms in total. The minimum absolute atomic E-state index is 0. The first-order chi connectivity index (χ1) is 9.67. The molecule has 0 amide bonds. The van der Waals surface area contributed by atoms with Crippen molar-refractivity contribution in [3.05, 3.63) is 48.0 Å². The third-order valence-corrected chi connectivity index (χ3v) is 2.91. The van der Waals surface area contributed by atoms with Gasteiger partial charge in [-0.05, 0) is 42.5 Å². The van der Waals surface area contributed by atoms with Gasteiger partial charge in [0.25, 0.3) is 0 Å². The Labute approximate surface area is 149 Å². The molecule has 114 valence electrons. The van der Waals surface area contributed by atoms with E-state index in [1.165, 1.54) is 30.3 Å². The van der Waals surface area contributed by atoms with Crippen LogP contribution in [0, 0.1) is 0 Å². The van der Waals surface area contributed by atoms with E-state index < -0.39 is 15.9 Å². The van der Waals surface area contributed by atoms with Gasteiger partial charge in [-0.1, -0.05) is 0 Å². The quantitative estimate of drug-likeness (QED) is 0.290. The van der Waals surface area contributed by atoms with Crippen molar-refractivity contribution in [1.82, 2.24) is 0 Å². The van der Waals surface area contributed by atoms with Crippen LogP contribution >= 0.6 is 0 Å². The van der Waals surface area contributed by atoms with Gasteiger partial charge < -0.3 is 25.0 Å². The third-order valence-electron chi connectivity index (χ3n) is 2.25. The fourth-order valence-corrected chi connectivity index (χ4v) is 1.94. The van der Waals surface area contributed by atoms with Crippen molar-refractivity contribution >= 4 is 10.1 Å². The van der Waals surface area contributed by atoms with Crippen LogP contribution in [-0.2, 0) is 15.9 Å². The van der Waals surface area contributed by atoms with Crippen molar-refractivity contribution in [1.29, 1.82) is 0 Å². The van der Waals surface area contributed by atoms with Crippen molar-refractivity contribution in [3.8, 4) is 23.0 Å². The van der Waals surface area contributed by atoms with Gasteiger partial charge in [0.1, 0.15) is 23.0 Å². The minimum atomic E-state index is -4.44. The zero-order valence-corrected chi connectivity index (χ0v) is 14.5. The molecule has 0 aliphatic rings. The molecular weight excluding hydrogens is 323 g/mol. The summed E-state index contributed by atoms with van der Waals surface area (Å²) in [7, 11) is -4.44. The molecule has 4 N–H and O–H groups in total. The van der Waals surface area contributed by atoms with Gasteiger partial charge in [-0.2, -0.15) is 0 Å². The van der Waals surface area contributed by atoms with Gasteiger partial charge >= 0.3 is 29.6 Å². The second kappa shape index (κ2) is 8.86. The normalized spacial score (nSPS) is 10.0. The summed E-state index contributed by atoms with van der Waals surface area (Å²) >= 11 is 0. The van der Waals surface area contributed by atoms with E-state index in [-0.39, 0.29) is 58.1 Å². The minimum Gasteiger partial charge on any atom is -0.748 e. The summed E-state index contributed by atoms with van der Waals surface area (Å²) in [5.41, 5.74) is -0.102. The number of aromatic hydroxyl groups is 4. The van der Waals surface area contributed by atoms with Crippen LogP contribution in [0.15, 0.2) is 42.5 Å². The van der Waals surface area contributed by atoms with E-state index in [1.54, 1.807) is 0 Å². The number of phenolic OH excluding ortho intramolecular Hbond substituents is 4. The van der Waals surface area contributed by atoms with E-state index in [4.69, 9.17) is 20.4 Å². The number of hydrogen-bond donors (Lipinski definition) is 4. The van der Waals surface area contributed by atoms with Gasteiger partial charge in [-0.25, -0.2) is 8.42 Å². The van der Waals surface area contributed by atoms with E-state index in [1.807, 2.05) is 0 Å². The van der Waals surface area contributed by atoms with Gasteiger partial charge in [0.15, 0.2) is 0 Å². The molecule has 0 bridgehead atoms. The molecule has 22 heavy (non-hydrogen) atoms. The van der Waals surface area contributed by atoms with Crippen molar-refractivity contribution in [2.75, 3.05) is 0 Å². The number of benzene rings is 2. The molecule has 0 unspecified atom stereocenters. The Morgan fingerprint density at radius 3 is 1.64 bits per heavy atom. The van der Waals surface area contributed by atoms with Gasteiger partial charge in [-0.3, -0.25) is 0 Å². The molecule has 9 heteroatoms. The van der Waals surface area contributed by atoms with Crippen molar-refractivity contribution in [2.24, 2.45) is 0 Å². The fourth-order valence-electron chi connectivity index (χ4n) is 1.33. The van der Waals surface area contributed by atoms with Crippen LogP contribution in [0.2, 0.25) is 0 Å². The molecule has 0 heterocycles. The SMILES string of the molecule is O=S(=O)([O-])Cc1cc(O)ccc1O.Oc1ccc(O)cc1.[Na+]. The van der Waals surface area contributed by atoms with E-state index in [2.05, 4.69) is 0 Å². The largest absolute Gasteiger partial charge is 1.00 e. The van der Waals surface area contributed by atoms with Gasteiger partial charge in [0.05, 0.1) is 15.9 Å². The van der Waals surface area contributed by atoms with Crippen molar-refractivity contribution in [2.45, 2.75) is 5.75 Å². The Kier molecular flexibility index (Phi) is 8.28. The van der Waals surface area contributed by atoms with Gasteiger partial charge in [-0.15, -0.1) is 0 Å². The first kappa shape index (κ1) is 20.6. The summed E-state index contributed by atoms with van der Waals surface area (Å²) in [5, 5.41) is 35.3. The Hall–Kier alpha value is -1.45. The van der Waals surface area contributed by atoms with E-state index in [0.717, 1.165) is 12.1 Å². The van der Waals surface area contributed by atoms with Crippen molar-refractivity contribution < 1.29 is 63.0 Å². The van der Waals surface area contributed by atoms with E-state index >= 15 is 0 Å². The standard InChI is InChI=1S/C7H8O5S.C6H6O2.Na/c8-6-1-2-7(9)5(3-6)4-13(10,11)12;7-5-1-2-6(8)4-3-5;/h1-3,8-9H,4H2,(H,10,11,12);1-4,7-8H;/q;;+1/p-1. The van der Waals surface area contributed by atoms with Crippen molar-refractivity contribution in [3.63, 3.8) is 0 Å². The second-order valence-electron chi connectivity index (χ2n) is 4.03. The monoisotopic (exact) mass is 336 g/mol. The maximum Gasteiger partial charge on any atom is 1.00 e. The molecule has 2 aromatic rings. The smallest absolute Gasteiger partial charge is 0.748 e. The van der Waals surface area contributed by atoms with Crippen LogP contribution in [0.25, 0.3) is 0 Å². The molecule has 0 saturated carbocycles. The molecule has 0 aliphatic carbocycles. The first-order valence-electron chi connectivity index (χ1n) is 5.60. The molecule has 0 aromatic heterocycles. The number of phenols is 4. The maximum atomic E-state index is 10.3. The number of hydrogen-bond acceptors (Lipinski definition) is 7. The van der Waals surface area contributed by atoms with Crippen LogP contribution in [0.1, 0.15) is 5.56 Å². The Balaban J connectivity index is 0.000000423. The molecule has 0 fully saturated rings. The first-order valence-corrected chi connectivity index (χ1v) is 7.17. The summed E-state index contributed by atoms with van der Waals surface area (Å²) in [5.74, 6) is -1.01. The predicted molar refractivity (Wildman–Crippen MR) is 72.9 cm³/mol. The molecule has 0 atom stereocenters. The summed E-state index contributed by atoms with van der Waals surface area (Å²) in [4.78, 5) is 0. The summed E-state index contributed by atoms with van der Waals surface area (Å²) in [6.45, 7) is 0. The fraction of sp³-hybridized carbons (Fsp3) is 0.0769. The molecule has 0 radical (unpaired) electrons. The summed E-state index contributed by atoms with van der Waals surface area (Å²) in [6, 6.07) is 9.05. The van der Waals surface area contributed by atoms with E-state index in [9.17, 15) is 13.0 Å². The van der Waals surface area contributed by atoms with Crippen LogP contribution in [0.4, 0.5) is 0 Å². The zero-order valence-electron chi connectivity index (χ0n) is 11.7. The van der Waals surface area contributed by atoms with Crippen LogP contribution < -0.4 is 29.6 Å². The van der Waals surface area contributed by atoms with Gasteiger partial charge in [0.2, 0.25) is 0 Å². The van der Waals surface area contributed by atoms with Gasteiger partial charge in [0, 0.05) is 5.56 Å². The molecule has 0 spiro atoms. The Bertz CT molecular complexity index is 678. The molecule has 2 rings (SSSR count). The zero-order chi connectivity index (χ0) is 16.0. The Morgan fingerprint density at radius 2 is 1.23 bits per heavy atom. The van der Waals surface area contributed by atoms with Crippen LogP contribution in [-0.4, -0.2) is 33.4 Å². The average Bonchev–Trinajstić information content (AvgIpc) is 2.37. The van der Waals surface area contributed by atoms with E-state index in [0.29, 0.717) is 0 Å². The molecule has 0 saturated heterocycles.